The number of carbonyl (C=O) groups is 1. The van der Waals surface area contributed by atoms with E-state index in [1.807, 2.05) is 6.92 Å². The first-order valence-corrected chi connectivity index (χ1v) is 6.06. The maximum absolute atomic E-state index is 12.1. The summed E-state index contributed by atoms with van der Waals surface area (Å²) >= 11 is 0. The summed E-state index contributed by atoms with van der Waals surface area (Å²) in [7, 11) is 0. The first kappa shape index (κ1) is 13.7. The van der Waals surface area contributed by atoms with E-state index in [1.165, 1.54) is 6.20 Å². The molecule has 5 heteroatoms. The number of nitrogens with zero attached hydrogens (tertiary/aromatic N) is 2. The van der Waals surface area contributed by atoms with Crippen LogP contribution in [0.3, 0.4) is 0 Å². The molecule has 0 aliphatic rings. The van der Waals surface area contributed by atoms with Gasteiger partial charge < -0.3 is 11.1 Å². The summed E-state index contributed by atoms with van der Waals surface area (Å²) in [4.78, 5) is 20.1. The number of hydrogen-bond acceptors (Lipinski definition) is 4. The standard InChI is InChI=1S/C15H14N4O/c1-11-8-17-6-4-14(11)19-15(20)13-7-12(3-2-5-16)9-18-10-13/h4,6-10H,5,16H2,1H3,(H,17,19,20). The lowest BCUT2D eigenvalue weighted by Crippen LogP contribution is -2.13. The van der Waals surface area contributed by atoms with Gasteiger partial charge in [0.15, 0.2) is 0 Å². The van der Waals surface area contributed by atoms with Crippen LogP contribution < -0.4 is 11.1 Å². The first-order chi connectivity index (χ1) is 9.70. The van der Waals surface area contributed by atoms with Crippen molar-refractivity contribution in [2.45, 2.75) is 6.92 Å². The Morgan fingerprint density at radius 2 is 2.20 bits per heavy atom. The van der Waals surface area contributed by atoms with Crippen molar-refractivity contribution in [3.05, 3.63) is 53.6 Å². The predicted octanol–water partition coefficient (Wildman–Crippen LogP) is 1.35. The number of hydrogen-bond donors (Lipinski definition) is 2. The second kappa shape index (κ2) is 6.45. The Bertz CT molecular complexity index is 686. The number of rotatable bonds is 2. The number of anilines is 1. The Kier molecular flexibility index (Phi) is 4.43. The molecule has 2 aromatic heterocycles. The van der Waals surface area contributed by atoms with Crippen LogP contribution >= 0.6 is 0 Å². The van der Waals surface area contributed by atoms with Crippen molar-refractivity contribution < 1.29 is 4.79 Å². The smallest absolute Gasteiger partial charge is 0.257 e. The molecule has 0 bridgehead atoms. The maximum Gasteiger partial charge on any atom is 0.257 e. The zero-order valence-electron chi connectivity index (χ0n) is 11.1. The van der Waals surface area contributed by atoms with Crippen LogP contribution in [0.25, 0.3) is 0 Å². The molecule has 3 N–H and O–H groups in total. The van der Waals surface area contributed by atoms with Gasteiger partial charge in [0, 0.05) is 36.0 Å². The highest BCUT2D eigenvalue weighted by Crippen LogP contribution is 2.13. The lowest BCUT2D eigenvalue weighted by atomic mass is 10.2. The van der Waals surface area contributed by atoms with Crippen molar-refractivity contribution in [1.82, 2.24) is 9.97 Å². The molecular weight excluding hydrogens is 252 g/mol. The molecule has 0 unspecified atom stereocenters. The fourth-order valence-electron chi connectivity index (χ4n) is 1.59. The van der Waals surface area contributed by atoms with Crippen LogP contribution in [0.15, 0.2) is 36.9 Å². The van der Waals surface area contributed by atoms with E-state index < -0.39 is 0 Å². The largest absolute Gasteiger partial charge is 0.322 e. The van der Waals surface area contributed by atoms with E-state index >= 15 is 0 Å². The van der Waals surface area contributed by atoms with Crippen molar-refractivity contribution in [3.63, 3.8) is 0 Å². The summed E-state index contributed by atoms with van der Waals surface area (Å²) in [6, 6.07) is 3.43. The summed E-state index contributed by atoms with van der Waals surface area (Å²) in [5, 5.41) is 2.82. The molecule has 100 valence electrons. The summed E-state index contributed by atoms with van der Waals surface area (Å²) in [6.45, 7) is 2.15. The van der Waals surface area contributed by atoms with E-state index in [0.29, 0.717) is 11.1 Å². The average molecular weight is 266 g/mol. The SMILES string of the molecule is Cc1cnccc1NC(=O)c1cncc(C#CCN)c1. The zero-order chi connectivity index (χ0) is 14.4. The van der Waals surface area contributed by atoms with Crippen molar-refractivity contribution in [3.8, 4) is 11.8 Å². The van der Waals surface area contributed by atoms with Crippen molar-refractivity contribution in [2.24, 2.45) is 5.73 Å². The van der Waals surface area contributed by atoms with E-state index in [1.54, 1.807) is 30.7 Å². The van der Waals surface area contributed by atoms with Crippen LogP contribution in [-0.4, -0.2) is 22.4 Å². The van der Waals surface area contributed by atoms with Crippen molar-refractivity contribution >= 4 is 11.6 Å². The third-order valence-electron chi connectivity index (χ3n) is 2.60. The third-order valence-corrected chi connectivity index (χ3v) is 2.60. The maximum atomic E-state index is 12.1. The van der Waals surface area contributed by atoms with Crippen LogP contribution in [0.1, 0.15) is 21.5 Å². The van der Waals surface area contributed by atoms with Crippen LogP contribution in [0.2, 0.25) is 0 Å². The Labute approximate surface area is 117 Å². The summed E-state index contributed by atoms with van der Waals surface area (Å²) in [5.74, 6) is 5.34. The minimum atomic E-state index is -0.233. The monoisotopic (exact) mass is 266 g/mol. The molecule has 2 aromatic rings. The number of aromatic nitrogens is 2. The fourth-order valence-corrected chi connectivity index (χ4v) is 1.59. The molecule has 0 atom stereocenters. The summed E-state index contributed by atoms with van der Waals surface area (Å²) < 4.78 is 0. The van der Waals surface area contributed by atoms with Crippen molar-refractivity contribution in [2.75, 3.05) is 11.9 Å². The highest BCUT2D eigenvalue weighted by molar-refractivity contribution is 6.04. The minimum absolute atomic E-state index is 0.233. The normalized spacial score (nSPS) is 9.50. The number of nitrogens with two attached hydrogens (primary N) is 1. The lowest BCUT2D eigenvalue weighted by molar-refractivity contribution is 0.102. The molecule has 0 aromatic carbocycles. The fraction of sp³-hybridized carbons (Fsp3) is 0.133. The van der Waals surface area contributed by atoms with E-state index in [9.17, 15) is 4.79 Å². The van der Waals surface area contributed by atoms with Gasteiger partial charge in [-0.15, -0.1) is 0 Å². The Hall–Kier alpha value is -2.71. The van der Waals surface area contributed by atoms with Gasteiger partial charge >= 0.3 is 0 Å². The molecule has 2 rings (SSSR count). The number of aryl methyl sites for hydroxylation is 1. The minimum Gasteiger partial charge on any atom is -0.322 e. The predicted molar refractivity (Wildman–Crippen MR) is 77.1 cm³/mol. The summed E-state index contributed by atoms with van der Waals surface area (Å²) in [6.07, 6.45) is 6.41. The highest BCUT2D eigenvalue weighted by Gasteiger charge is 2.08. The lowest BCUT2D eigenvalue weighted by Gasteiger charge is -2.07. The van der Waals surface area contributed by atoms with E-state index in [4.69, 9.17) is 5.73 Å². The summed E-state index contributed by atoms with van der Waals surface area (Å²) in [5.41, 5.74) is 8.05. The second-order valence-electron chi connectivity index (χ2n) is 4.11. The molecule has 0 aliphatic carbocycles. The van der Waals surface area contributed by atoms with Gasteiger partial charge in [-0.2, -0.15) is 0 Å². The Morgan fingerprint density at radius 3 is 2.95 bits per heavy atom. The van der Waals surface area contributed by atoms with E-state index in [2.05, 4.69) is 27.1 Å². The average Bonchev–Trinajstić information content (AvgIpc) is 2.48. The van der Waals surface area contributed by atoms with Crippen molar-refractivity contribution in [1.29, 1.82) is 0 Å². The van der Waals surface area contributed by atoms with Gasteiger partial charge in [-0.25, -0.2) is 0 Å². The first-order valence-electron chi connectivity index (χ1n) is 6.06. The van der Waals surface area contributed by atoms with Gasteiger partial charge in [-0.05, 0) is 24.6 Å². The molecule has 0 fully saturated rings. The number of amides is 1. The van der Waals surface area contributed by atoms with Gasteiger partial charge in [-0.3, -0.25) is 14.8 Å². The number of carbonyl (C=O) groups excluding carboxylic acids is 1. The van der Waals surface area contributed by atoms with E-state index in [0.717, 1.165) is 11.3 Å². The van der Waals surface area contributed by atoms with E-state index in [-0.39, 0.29) is 12.5 Å². The molecule has 0 spiro atoms. The molecule has 0 aliphatic heterocycles. The van der Waals surface area contributed by atoms with Gasteiger partial charge in [0.1, 0.15) is 0 Å². The van der Waals surface area contributed by atoms with Gasteiger partial charge in [0.25, 0.3) is 5.91 Å². The number of nitrogens with one attached hydrogen (secondary N) is 1. The molecular formula is C15H14N4O. The van der Waals surface area contributed by atoms with Crippen LogP contribution in [0, 0.1) is 18.8 Å². The van der Waals surface area contributed by atoms with Crippen LogP contribution in [-0.2, 0) is 0 Å². The molecule has 5 nitrogen and oxygen atoms in total. The van der Waals surface area contributed by atoms with Gasteiger partial charge in [0.05, 0.1) is 12.1 Å². The molecule has 20 heavy (non-hydrogen) atoms. The van der Waals surface area contributed by atoms with Crippen LogP contribution in [0.4, 0.5) is 5.69 Å². The molecule has 1 amide bonds. The van der Waals surface area contributed by atoms with Crippen LogP contribution in [0.5, 0.6) is 0 Å². The molecule has 2 heterocycles. The highest BCUT2D eigenvalue weighted by atomic mass is 16.1. The van der Waals surface area contributed by atoms with Gasteiger partial charge in [0.2, 0.25) is 0 Å². The Morgan fingerprint density at radius 1 is 1.35 bits per heavy atom. The Balaban J connectivity index is 2.19. The number of pyridine rings is 2. The topological polar surface area (TPSA) is 80.9 Å². The van der Waals surface area contributed by atoms with Gasteiger partial charge in [-0.1, -0.05) is 11.8 Å². The molecule has 0 saturated heterocycles. The third kappa shape index (κ3) is 3.40. The quantitative estimate of drug-likeness (QED) is 0.804. The zero-order valence-corrected chi connectivity index (χ0v) is 11.1. The molecule has 0 radical (unpaired) electrons. The second-order valence-corrected chi connectivity index (χ2v) is 4.11. The molecule has 0 saturated carbocycles.